The average molecular weight is 524 g/mol. The number of hydrogen-bond acceptors (Lipinski definition) is 6. The maximum atomic E-state index is 15.2. The first-order valence-electron chi connectivity index (χ1n) is 12.0. The first kappa shape index (κ1) is 24.9. The SMILES string of the molecule is CC(C)(C)OC(=O)CCC(=O)Nc1ccc(-c2cc3c(cc2F)c(=O)c2c(=O)[nH]sc2n3C2CC2)cc1. The lowest BCUT2D eigenvalue weighted by Gasteiger charge is -2.19. The molecule has 192 valence electrons. The van der Waals surface area contributed by atoms with Crippen LogP contribution in [0.5, 0.6) is 0 Å². The molecule has 1 amide bonds. The summed E-state index contributed by atoms with van der Waals surface area (Å²) in [5, 5.41) is 2.98. The van der Waals surface area contributed by atoms with E-state index in [1.165, 1.54) is 6.07 Å². The van der Waals surface area contributed by atoms with Gasteiger partial charge in [-0.2, -0.15) is 0 Å². The van der Waals surface area contributed by atoms with Crippen molar-refractivity contribution in [2.24, 2.45) is 0 Å². The summed E-state index contributed by atoms with van der Waals surface area (Å²) in [5.41, 5.74) is 0.449. The second-order valence-corrected chi connectivity index (χ2v) is 11.0. The lowest BCUT2D eigenvalue weighted by molar-refractivity contribution is -0.155. The van der Waals surface area contributed by atoms with Gasteiger partial charge in [0.05, 0.1) is 11.9 Å². The number of hydrogen-bond donors (Lipinski definition) is 2. The van der Waals surface area contributed by atoms with Crippen molar-refractivity contribution in [3.8, 4) is 11.1 Å². The number of aromatic amines is 1. The van der Waals surface area contributed by atoms with Crippen molar-refractivity contribution in [2.75, 3.05) is 5.32 Å². The molecule has 2 N–H and O–H groups in total. The number of rotatable bonds is 6. The summed E-state index contributed by atoms with van der Waals surface area (Å²) in [6.45, 7) is 5.29. The Hall–Kier alpha value is -3.79. The van der Waals surface area contributed by atoms with Crippen LogP contribution in [0, 0.1) is 5.82 Å². The van der Waals surface area contributed by atoms with Crippen molar-refractivity contribution < 1.29 is 18.7 Å². The number of esters is 1. The first-order chi connectivity index (χ1) is 17.5. The van der Waals surface area contributed by atoms with Crippen LogP contribution in [-0.4, -0.2) is 26.4 Å². The lowest BCUT2D eigenvalue weighted by atomic mass is 10.0. The third-order valence-electron chi connectivity index (χ3n) is 6.08. The van der Waals surface area contributed by atoms with Crippen molar-refractivity contribution >= 4 is 50.2 Å². The summed E-state index contributed by atoms with van der Waals surface area (Å²) < 4.78 is 25.0. The highest BCUT2D eigenvalue weighted by molar-refractivity contribution is 7.12. The molecule has 10 heteroatoms. The molecular formula is C27H26FN3O5S. The Kier molecular flexibility index (Phi) is 6.23. The highest BCUT2D eigenvalue weighted by Crippen LogP contribution is 2.40. The number of aromatic nitrogens is 2. The van der Waals surface area contributed by atoms with Crippen molar-refractivity contribution in [1.29, 1.82) is 0 Å². The van der Waals surface area contributed by atoms with E-state index in [0.717, 1.165) is 24.4 Å². The lowest BCUT2D eigenvalue weighted by Crippen LogP contribution is -2.24. The maximum absolute atomic E-state index is 15.2. The molecule has 0 radical (unpaired) electrons. The smallest absolute Gasteiger partial charge is 0.306 e. The Morgan fingerprint density at radius 2 is 1.84 bits per heavy atom. The Morgan fingerprint density at radius 3 is 2.49 bits per heavy atom. The fraction of sp³-hybridized carbons (Fsp3) is 0.333. The van der Waals surface area contributed by atoms with Gasteiger partial charge in [0.1, 0.15) is 21.6 Å². The number of pyridine rings is 1. The van der Waals surface area contributed by atoms with Crippen molar-refractivity contribution in [3.05, 3.63) is 62.8 Å². The zero-order valence-electron chi connectivity index (χ0n) is 20.6. The number of H-pyrrole nitrogens is 1. The highest BCUT2D eigenvalue weighted by Gasteiger charge is 2.29. The number of ether oxygens (including phenoxy) is 1. The summed E-state index contributed by atoms with van der Waals surface area (Å²) in [4.78, 5) is 49.9. The van der Waals surface area contributed by atoms with Gasteiger partial charge in [-0.15, -0.1) is 0 Å². The van der Waals surface area contributed by atoms with Gasteiger partial charge < -0.3 is 14.6 Å². The second-order valence-electron chi connectivity index (χ2n) is 10.2. The Bertz CT molecular complexity index is 1660. The summed E-state index contributed by atoms with van der Waals surface area (Å²) in [5.74, 6) is -1.36. The molecule has 1 aliphatic carbocycles. The average Bonchev–Trinajstić information content (AvgIpc) is 3.59. The van der Waals surface area contributed by atoms with Gasteiger partial charge in [0.25, 0.3) is 5.56 Å². The predicted octanol–water partition coefficient (Wildman–Crippen LogP) is 5.11. The van der Waals surface area contributed by atoms with Crippen LogP contribution >= 0.6 is 11.5 Å². The van der Waals surface area contributed by atoms with Gasteiger partial charge in [-0.1, -0.05) is 12.1 Å². The van der Waals surface area contributed by atoms with Crippen molar-refractivity contribution in [3.63, 3.8) is 0 Å². The van der Waals surface area contributed by atoms with E-state index < -0.39 is 28.4 Å². The second kappa shape index (κ2) is 9.26. The fourth-order valence-electron chi connectivity index (χ4n) is 4.33. The van der Waals surface area contributed by atoms with Crippen LogP contribution in [0.25, 0.3) is 32.2 Å². The van der Waals surface area contributed by atoms with Crippen LogP contribution in [0.3, 0.4) is 0 Å². The Labute approximate surface area is 215 Å². The van der Waals surface area contributed by atoms with Crippen LogP contribution in [0.1, 0.15) is 52.5 Å². The normalized spacial score (nSPS) is 13.7. The Morgan fingerprint density at radius 1 is 1.14 bits per heavy atom. The maximum Gasteiger partial charge on any atom is 0.306 e. The number of fused-ring (bicyclic) bond motifs is 2. The molecule has 4 aromatic rings. The molecular weight excluding hydrogens is 497 g/mol. The number of nitrogens with zero attached hydrogens (tertiary/aromatic N) is 1. The summed E-state index contributed by atoms with van der Waals surface area (Å²) in [6.07, 6.45) is 1.80. The molecule has 0 unspecified atom stereocenters. The molecule has 2 aromatic heterocycles. The van der Waals surface area contributed by atoms with Gasteiger partial charge in [0.2, 0.25) is 11.3 Å². The summed E-state index contributed by atoms with van der Waals surface area (Å²) in [6, 6.07) is 9.69. The number of halogens is 1. The molecule has 37 heavy (non-hydrogen) atoms. The molecule has 1 fully saturated rings. The molecule has 1 saturated carbocycles. The third-order valence-corrected chi connectivity index (χ3v) is 6.97. The highest BCUT2D eigenvalue weighted by atomic mass is 32.1. The van der Waals surface area contributed by atoms with Gasteiger partial charge in [0, 0.05) is 29.1 Å². The molecule has 0 saturated heterocycles. The number of amides is 1. The van der Waals surface area contributed by atoms with Crippen LogP contribution < -0.4 is 16.3 Å². The largest absolute Gasteiger partial charge is 0.460 e. The molecule has 0 atom stereocenters. The minimum absolute atomic E-state index is 0.0195. The molecule has 2 aromatic carbocycles. The predicted molar refractivity (Wildman–Crippen MR) is 142 cm³/mol. The topological polar surface area (TPSA) is 110 Å². The summed E-state index contributed by atoms with van der Waals surface area (Å²) in [7, 11) is 0. The van der Waals surface area contributed by atoms with E-state index in [0.29, 0.717) is 27.2 Å². The molecule has 0 aliphatic heterocycles. The number of nitrogens with one attached hydrogen (secondary N) is 2. The van der Waals surface area contributed by atoms with E-state index in [-0.39, 0.29) is 35.6 Å². The van der Waals surface area contributed by atoms with Gasteiger partial charge in [-0.25, -0.2) is 4.39 Å². The molecule has 8 nitrogen and oxygen atoms in total. The van der Waals surface area contributed by atoms with Crippen LogP contribution in [0.4, 0.5) is 10.1 Å². The van der Waals surface area contributed by atoms with E-state index in [1.54, 1.807) is 51.1 Å². The fourth-order valence-corrected chi connectivity index (χ4v) is 5.26. The number of carbonyl (C=O) groups is 2. The van der Waals surface area contributed by atoms with Crippen molar-refractivity contribution in [1.82, 2.24) is 8.94 Å². The van der Waals surface area contributed by atoms with Gasteiger partial charge in [-0.05, 0) is 75.0 Å². The standard InChI is InChI=1S/C27H26FN3O5S/c1-27(2,3)36-22(33)11-10-21(32)29-15-6-4-14(5-7-15)17-13-20-18(12-19(17)28)24(34)23-25(35)30-37-26(23)31(20)16-8-9-16/h4-7,12-13,16H,8-11H2,1-3H3,(H,29,32)(H,30,35). The number of benzene rings is 2. The molecule has 5 rings (SSSR count). The number of carbonyl (C=O) groups excluding carboxylic acids is 2. The van der Waals surface area contributed by atoms with Crippen molar-refractivity contribution in [2.45, 2.75) is 58.1 Å². The zero-order valence-corrected chi connectivity index (χ0v) is 21.5. The van der Waals surface area contributed by atoms with Crippen LogP contribution in [-0.2, 0) is 14.3 Å². The molecule has 0 spiro atoms. The van der Waals surface area contributed by atoms with E-state index >= 15 is 4.39 Å². The minimum Gasteiger partial charge on any atom is -0.460 e. The van der Waals surface area contributed by atoms with Crippen LogP contribution in [0.2, 0.25) is 0 Å². The minimum atomic E-state index is -0.609. The quantitative estimate of drug-likeness (QED) is 0.342. The van der Waals surface area contributed by atoms with E-state index in [1.807, 2.05) is 4.57 Å². The third kappa shape index (κ3) is 5.06. The van der Waals surface area contributed by atoms with E-state index in [2.05, 4.69) is 9.69 Å². The monoisotopic (exact) mass is 523 g/mol. The van der Waals surface area contributed by atoms with Gasteiger partial charge in [-0.3, -0.25) is 23.6 Å². The van der Waals surface area contributed by atoms with Gasteiger partial charge >= 0.3 is 5.97 Å². The molecule has 1 aliphatic rings. The van der Waals surface area contributed by atoms with Crippen LogP contribution in [0.15, 0.2) is 46.0 Å². The Balaban J connectivity index is 1.41. The first-order valence-corrected chi connectivity index (χ1v) is 12.8. The molecule has 2 heterocycles. The summed E-state index contributed by atoms with van der Waals surface area (Å²) >= 11 is 1.12. The van der Waals surface area contributed by atoms with E-state index in [9.17, 15) is 19.2 Å². The van der Waals surface area contributed by atoms with E-state index in [4.69, 9.17) is 4.74 Å². The molecule has 0 bridgehead atoms. The zero-order chi connectivity index (χ0) is 26.5. The number of anilines is 1. The van der Waals surface area contributed by atoms with Gasteiger partial charge in [0.15, 0.2) is 0 Å².